The van der Waals surface area contributed by atoms with Gasteiger partial charge in [0.15, 0.2) is 0 Å². The lowest BCUT2D eigenvalue weighted by molar-refractivity contribution is 0.0941. The number of benzene rings is 1. The molecule has 1 N–H and O–H groups in total. The third-order valence-electron chi connectivity index (χ3n) is 3.47. The van der Waals surface area contributed by atoms with Crippen LogP contribution in [0.1, 0.15) is 23.0 Å². The highest BCUT2D eigenvalue weighted by atomic mass is 79.9. The van der Waals surface area contributed by atoms with Crippen LogP contribution in [0.15, 0.2) is 45.7 Å². The van der Waals surface area contributed by atoms with E-state index in [2.05, 4.69) is 21.2 Å². The van der Waals surface area contributed by atoms with Crippen LogP contribution < -0.4 is 10.9 Å². The number of amides is 1. The first-order valence-electron chi connectivity index (χ1n) is 5.95. The van der Waals surface area contributed by atoms with Gasteiger partial charge >= 0.3 is 0 Å². The fourth-order valence-electron chi connectivity index (χ4n) is 2.49. The van der Waals surface area contributed by atoms with Gasteiger partial charge in [0.1, 0.15) is 11.4 Å². The second kappa shape index (κ2) is 4.46. The Morgan fingerprint density at radius 2 is 1.90 bits per heavy atom. The molecule has 0 saturated heterocycles. The molecule has 6 heteroatoms. The predicted octanol–water partition coefficient (Wildman–Crippen LogP) is 2.73. The summed E-state index contributed by atoms with van der Waals surface area (Å²) in [5.41, 5.74) is -0.248. The zero-order valence-corrected chi connectivity index (χ0v) is 12.8. The minimum atomic E-state index is -0.946. The number of nitrogens with zero attached hydrogens (tertiary/aromatic N) is 1. The molecule has 4 nitrogen and oxygen atoms in total. The summed E-state index contributed by atoms with van der Waals surface area (Å²) in [5, 5.41) is 3.08. The molecule has 102 valence electrons. The van der Waals surface area contributed by atoms with E-state index in [1.807, 2.05) is 30.3 Å². The summed E-state index contributed by atoms with van der Waals surface area (Å²) < 4.78 is 1.72. The minimum absolute atomic E-state index is 0.186. The van der Waals surface area contributed by atoms with Gasteiger partial charge in [-0.2, -0.15) is 0 Å². The molecular weight excluding hydrogens is 344 g/mol. The summed E-state index contributed by atoms with van der Waals surface area (Å²) in [6, 6.07) is 10.8. The van der Waals surface area contributed by atoms with Gasteiger partial charge in [-0.3, -0.25) is 14.2 Å². The molecule has 0 spiro atoms. The van der Waals surface area contributed by atoms with Gasteiger partial charge in [0.2, 0.25) is 0 Å². The van der Waals surface area contributed by atoms with Gasteiger partial charge in [0, 0.05) is 0 Å². The summed E-state index contributed by atoms with van der Waals surface area (Å²) in [6.07, 6.45) is 0. The molecule has 1 aliphatic heterocycles. The van der Waals surface area contributed by atoms with Gasteiger partial charge in [-0.25, -0.2) is 0 Å². The van der Waals surface area contributed by atoms with E-state index in [1.54, 1.807) is 6.92 Å². The van der Waals surface area contributed by atoms with Gasteiger partial charge in [-0.1, -0.05) is 41.9 Å². The standard InChI is InChI=1S/C14H10BrClN2O2/c1-14(8-5-3-2-4-6-8)17-12(19)11-10(16)7-9(15)13(20)18(11)14/h2-7H,1H3,(H,17,19). The van der Waals surface area contributed by atoms with Crippen LogP contribution in [0, 0.1) is 0 Å². The van der Waals surface area contributed by atoms with E-state index in [-0.39, 0.29) is 22.2 Å². The maximum atomic E-state index is 12.4. The highest BCUT2D eigenvalue weighted by Crippen LogP contribution is 2.32. The van der Waals surface area contributed by atoms with Crippen molar-refractivity contribution in [3.8, 4) is 0 Å². The number of carbonyl (C=O) groups is 1. The molecule has 1 unspecified atom stereocenters. The Morgan fingerprint density at radius 3 is 2.55 bits per heavy atom. The smallest absolute Gasteiger partial charge is 0.271 e. The topological polar surface area (TPSA) is 51.1 Å². The molecule has 0 saturated carbocycles. The molecule has 2 aromatic rings. The quantitative estimate of drug-likeness (QED) is 0.857. The first-order valence-corrected chi connectivity index (χ1v) is 7.12. The summed E-state index contributed by atoms with van der Waals surface area (Å²) in [5.74, 6) is -0.356. The van der Waals surface area contributed by atoms with Crippen molar-refractivity contribution in [2.45, 2.75) is 12.6 Å². The van der Waals surface area contributed by atoms with Crippen LogP contribution in [0.25, 0.3) is 0 Å². The van der Waals surface area contributed by atoms with Crippen LogP contribution in [-0.4, -0.2) is 10.5 Å². The van der Waals surface area contributed by atoms with Crippen molar-refractivity contribution < 1.29 is 4.79 Å². The Labute approximate surface area is 128 Å². The highest BCUT2D eigenvalue weighted by Gasteiger charge is 2.42. The molecule has 0 aliphatic carbocycles. The van der Waals surface area contributed by atoms with Crippen LogP contribution in [0.4, 0.5) is 0 Å². The van der Waals surface area contributed by atoms with E-state index in [4.69, 9.17) is 11.6 Å². The van der Waals surface area contributed by atoms with Gasteiger partial charge in [-0.15, -0.1) is 0 Å². The van der Waals surface area contributed by atoms with Crippen molar-refractivity contribution in [1.29, 1.82) is 0 Å². The molecule has 2 heterocycles. The second-order valence-corrected chi connectivity index (χ2v) is 5.98. The van der Waals surface area contributed by atoms with Gasteiger partial charge in [0.25, 0.3) is 11.5 Å². The van der Waals surface area contributed by atoms with Crippen LogP contribution >= 0.6 is 27.5 Å². The van der Waals surface area contributed by atoms with Crippen molar-refractivity contribution >= 4 is 33.4 Å². The molecule has 1 aliphatic rings. The Balaban J connectivity index is 2.37. The molecule has 3 rings (SSSR count). The van der Waals surface area contributed by atoms with Crippen molar-refractivity contribution in [3.63, 3.8) is 0 Å². The van der Waals surface area contributed by atoms with Crippen molar-refractivity contribution in [1.82, 2.24) is 9.88 Å². The average molecular weight is 354 g/mol. The maximum Gasteiger partial charge on any atom is 0.271 e. The van der Waals surface area contributed by atoms with E-state index in [0.717, 1.165) is 5.56 Å². The van der Waals surface area contributed by atoms with Crippen LogP contribution in [-0.2, 0) is 5.66 Å². The van der Waals surface area contributed by atoms with E-state index in [9.17, 15) is 9.59 Å². The number of rotatable bonds is 1. The fraction of sp³-hybridized carbons (Fsp3) is 0.143. The summed E-state index contributed by atoms with van der Waals surface area (Å²) in [7, 11) is 0. The third-order valence-corrected chi connectivity index (χ3v) is 4.32. The first-order chi connectivity index (χ1) is 9.45. The molecule has 20 heavy (non-hydrogen) atoms. The van der Waals surface area contributed by atoms with E-state index >= 15 is 0 Å². The van der Waals surface area contributed by atoms with E-state index < -0.39 is 5.66 Å². The second-order valence-electron chi connectivity index (χ2n) is 4.72. The Morgan fingerprint density at radius 1 is 1.25 bits per heavy atom. The summed E-state index contributed by atoms with van der Waals surface area (Å²) in [4.78, 5) is 24.6. The van der Waals surface area contributed by atoms with Gasteiger partial charge in [-0.05, 0) is 34.5 Å². The molecule has 0 bridgehead atoms. The number of aromatic nitrogens is 1. The van der Waals surface area contributed by atoms with E-state index in [0.29, 0.717) is 4.47 Å². The number of fused-ring (bicyclic) bond motifs is 1. The number of nitrogens with one attached hydrogen (secondary N) is 1. The third kappa shape index (κ3) is 1.73. The van der Waals surface area contributed by atoms with Crippen LogP contribution in [0.5, 0.6) is 0 Å². The molecular formula is C14H10BrClN2O2. The lowest BCUT2D eigenvalue weighted by atomic mass is 10.0. The van der Waals surface area contributed by atoms with Crippen molar-refractivity contribution in [2.75, 3.05) is 0 Å². The molecule has 1 aromatic carbocycles. The van der Waals surface area contributed by atoms with Crippen LogP contribution in [0.2, 0.25) is 5.02 Å². The van der Waals surface area contributed by atoms with Crippen LogP contribution in [0.3, 0.4) is 0 Å². The highest BCUT2D eigenvalue weighted by molar-refractivity contribution is 9.10. The Bertz CT molecular complexity index is 773. The van der Waals surface area contributed by atoms with Gasteiger partial charge < -0.3 is 5.32 Å². The molecule has 0 radical (unpaired) electrons. The Kier molecular flexibility index (Phi) is 2.99. The zero-order valence-electron chi connectivity index (χ0n) is 10.5. The minimum Gasteiger partial charge on any atom is -0.324 e. The average Bonchev–Trinajstić information content (AvgIpc) is 2.70. The number of hydrogen-bond donors (Lipinski definition) is 1. The summed E-state index contributed by atoms with van der Waals surface area (Å²) in [6.45, 7) is 1.78. The maximum absolute atomic E-state index is 12.4. The SMILES string of the molecule is CC1(c2ccccc2)NC(=O)c2c(Cl)cc(Br)c(=O)n21. The largest absolute Gasteiger partial charge is 0.324 e. The number of hydrogen-bond acceptors (Lipinski definition) is 2. The fourth-order valence-corrected chi connectivity index (χ4v) is 3.31. The lowest BCUT2D eigenvalue weighted by Gasteiger charge is -2.27. The lowest BCUT2D eigenvalue weighted by Crippen LogP contribution is -2.45. The van der Waals surface area contributed by atoms with E-state index in [1.165, 1.54) is 10.6 Å². The predicted molar refractivity (Wildman–Crippen MR) is 80.1 cm³/mol. The molecule has 1 aromatic heterocycles. The monoisotopic (exact) mass is 352 g/mol. The molecule has 1 atom stereocenters. The number of halogens is 2. The zero-order chi connectivity index (χ0) is 14.5. The molecule has 0 fully saturated rings. The number of carbonyl (C=O) groups excluding carboxylic acids is 1. The first kappa shape index (κ1) is 13.4. The van der Waals surface area contributed by atoms with Crippen molar-refractivity contribution in [2.24, 2.45) is 0 Å². The normalized spacial score (nSPS) is 20.6. The molecule has 1 amide bonds. The summed E-state index contributed by atoms with van der Waals surface area (Å²) >= 11 is 9.29. The van der Waals surface area contributed by atoms with Gasteiger partial charge in [0.05, 0.1) is 9.50 Å². The Hall–Kier alpha value is -1.59. The van der Waals surface area contributed by atoms with Crippen molar-refractivity contribution in [3.05, 3.63) is 67.5 Å². The number of pyridine rings is 1.